The Balaban J connectivity index is 3.04. The molecule has 0 spiro atoms. The van der Waals surface area contributed by atoms with E-state index in [1.165, 1.54) is 31.2 Å². The maximum atomic E-state index is 13.1. The van der Waals surface area contributed by atoms with E-state index in [0.717, 1.165) is 0 Å². The molecule has 0 saturated carbocycles. The van der Waals surface area contributed by atoms with Crippen LogP contribution in [-0.2, 0) is 30.4 Å². The summed E-state index contributed by atoms with van der Waals surface area (Å²) in [5, 5.41) is 25.5. The molecule has 0 saturated heterocycles. The van der Waals surface area contributed by atoms with Crippen molar-refractivity contribution in [3.8, 4) is 5.75 Å². The minimum Gasteiger partial charge on any atom is -0.508 e. The molecule has 4 atom stereocenters. The standard InChI is InChI=1S/C22H34N8O7/c1-11(21(36)37)28-19(34)16(10-17(24)32)30-20(35)15(9-12-4-6-13(31)7-5-12)29-18(33)14(23)3-2-8-27-22(25)26/h4-7,11,14-16,31H,2-3,8-10,23H2,1H3,(H2,24,32)(H,28,34)(H,29,33)(H,30,35)(H,36,37)(H4,25,26,27). The van der Waals surface area contributed by atoms with Crippen molar-refractivity contribution in [1.29, 1.82) is 0 Å². The van der Waals surface area contributed by atoms with E-state index in [1.807, 2.05) is 0 Å². The van der Waals surface area contributed by atoms with E-state index in [4.69, 9.17) is 28.0 Å². The van der Waals surface area contributed by atoms with E-state index in [-0.39, 0.29) is 31.1 Å². The molecule has 0 radical (unpaired) electrons. The van der Waals surface area contributed by atoms with Crippen LogP contribution in [0.25, 0.3) is 0 Å². The molecule has 13 N–H and O–H groups in total. The smallest absolute Gasteiger partial charge is 0.325 e. The largest absolute Gasteiger partial charge is 0.508 e. The number of phenols is 1. The molecule has 4 amide bonds. The molecule has 204 valence electrons. The van der Waals surface area contributed by atoms with Crippen LogP contribution in [0.15, 0.2) is 29.3 Å². The van der Waals surface area contributed by atoms with Gasteiger partial charge in [0, 0.05) is 13.0 Å². The number of nitrogens with one attached hydrogen (secondary N) is 3. The van der Waals surface area contributed by atoms with Gasteiger partial charge in [0.15, 0.2) is 5.96 Å². The summed E-state index contributed by atoms with van der Waals surface area (Å²) in [6.07, 6.45) is -0.0804. The number of guanidine groups is 1. The molecule has 1 rings (SSSR count). The fraction of sp³-hybridized carbons (Fsp3) is 0.455. The van der Waals surface area contributed by atoms with Crippen LogP contribution < -0.4 is 38.9 Å². The molecule has 0 aliphatic heterocycles. The number of aliphatic imine (C=N–C) groups is 1. The van der Waals surface area contributed by atoms with Crippen LogP contribution in [0, 0.1) is 0 Å². The summed E-state index contributed by atoms with van der Waals surface area (Å²) < 4.78 is 0. The number of rotatable bonds is 15. The Morgan fingerprint density at radius 3 is 2.03 bits per heavy atom. The van der Waals surface area contributed by atoms with Gasteiger partial charge in [-0.05, 0) is 37.5 Å². The Hall–Kier alpha value is -4.40. The molecule has 4 unspecified atom stereocenters. The number of hydrogen-bond donors (Lipinski definition) is 9. The number of hydrogen-bond acceptors (Lipinski definition) is 8. The van der Waals surface area contributed by atoms with E-state index in [2.05, 4.69) is 20.9 Å². The number of carbonyl (C=O) groups is 5. The SMILES string of the molecule is CC(NC(=O)C(CC(N)=O)NC(=O)C(Cc1ccc(O)cc1)NC(=O)C(N)CCCN=C(N)N)C(=O)O. The van der Waals surface area contributed by atoms with Gasteiger partial charge in [-0.1, -0.05) is 12.1 Å². The molecule has 15 nitrogen and oxygen atoms in total. The maximum absolute atomic E-state index is 13.1. The van der Waals surface area contributed by atoms with Gasteiger partial charge in [-0.2, -0.15) is 0 Å². The molecule has 0 aliphatic carbocycles. The van der Waals surface area contributed by atoms with Crippen molar-refractivity contribution in [1.82, 2.24) is 16.0 Å². The summed E-state index contributed by atoms with van der Waals surface area (Å²) in [6.45, 7) is 1.45. The highest BCUT2D eigenvalue weighted by Gasteiger charge is 2.30. The number of carboxylic acid groups (broad SMARTS) is 1. The number of amides is 4. The lowest BCUT2D eigenvalue weighted by atomic mass is 10.0. The van der Waals surface area contributed by atoms with Gasteiger partial charge in [-0.15, -0.1) is 0 Å². The van der Waals surface area contributed by atoms with Gasteiger partial charge in [0.1, 0.15) is 23.9 Å². The van der Waals surface area contributed by atoms with Crippen LogP contribution in [0.3, 0.4) is 0 Å². The quantitative estimate of drug-likeness (QED) is 0.0630. The summed E-state index contributed by atoms with van der Waals surface area (Å²) in [7, 11) is 0. The monoisotopic (exact) mass is 522 g/mol. The van der Waals surface area contributed by atoms with Crippen molar-refractivity contribution >= 4 is 35.6 Å². The van der Waals surface area contributed by atoms with Crippen LogP contribution in [0.2, 0.25) is 0 Å². The fourth-order valence-electron chi connectivity index (χ4n) is 3.06. The number of carboxylic acids is 1. The van der Waals surface area contributed by atoms with Crippen molar-refractivity contribution in [2.24, 2.45) is 27.9 Å². The molecule has 1 aromatic carbocycles. The van der Waals surface area contributed by atoms with Crippen LogP contribution in [0.4, 0.5) is 0 Å². The van der Waals surface area contributed by atoms with Gasteiger partial charge < -0.3 is 49.1 Å². The van der Waals surface area contributed by atoms with Gasteiger partial charge in [-0.25, -0.2) is 0 Å². The third-order valence-electron chi connectivity index (χ3n) is 5.08. The Kier molecular flexibility index (Phi) is 12.3. The molecule has 0 heterocycles. The predicted molar refractivity (Wildman–Crippen MR) is 133 cm³/mol. The minimum atomic E-state index is -1.50. The summed E-state index contributed by atoms with van der Waals surface area (Å²) in [5.74, 6) is -4.84. The number of aliphatic carboxylic acids is 1. The number of benzene rings is 1. The molecule has 15 heteroatoms. The number of primary amides is 1. The molecule has 0 aromatic heterocycles. The first kappa shape index (κ1) is 30.6. The van der Waals surface area contributed by atoms with Crippen molar-refractivity contribution in [3.05, 3.63) is 29.8 Å². The highest BCUT2D eigenvalue weighted by atomic mass is 16.4. The van der Waals surface area contributed by atoms with E-state index in [0.29, 0.717) is 12.0 Å². The van der Waals surface area contributed by atoms with E-state index in [9.17, 15) is 29.1 Å². The second kappa shape index (κ2) is 14.9. The number of carbonyl (C=O) groups excluding carboxylic acids is 4. The fourth-order valence-corrected chi connectivity index (χ4v) is 3.06. The average Bonchev–Trinajstić information content (AvgIpc) is 2.81. The zero-order valence-corrected chi connectivity index (χ0v) is 20.3. The van der Waals surface area contributed by atoms with Crippen molar-refractivity contribution in [2.75, 3.05) is 6.54 Å². The summed E-state index contributed by atoms with van der Waals surface area (Å²) >= 11 is 0. The van der Waals surface area contributed by atoms with Crippen molar-refractivity contribution in [2.45, 2.75) is 56.8 Å². The molecule has 1 aromatic rings. The molecule has 37 heavy (non-hydrogen) atoms. The third kappa shape index (κ3) is 11.7. The van der Waals surface area contributed by atoms with Crippen LogP contribution in [-0.4, -0.2) is 76.5 Å². The van der Waals surface area contributed by atoms with Gasteiger partial charge >= 0.3 is 5.97 Å². The molecule has 0 fully saturated rings. The van der Waals surface area contributed by atoms with Gasteiger partial charge in [0.05, 0.1) is 12.5 Å². The second-order valence-corrected chi connectivity index (χ2v) is 8.29. The Morgan fingerprint density at radius 2 is 1.49 bits per heavy atom. The average molecular weight is 523 g/mol. The normalized spacial score (nSPS) is 13.8. The lowest BCUT2D eigenvalue weighted by Crippen LogP contribution is -2.58. The Morgan fingerprint density at radius 1 is 0.919 bits per heavy atom. The summed E-state index contributed by atoms with van der Waals surface area (Å²) in [5.41, 5.74) is 22.2. The Bertz CT molecular complexity index is 995. The van der Waals surface area contributed by atoms with E-state index in [1.54, 1.807) is 0 Å². The lowest BCUT2D eigenvalue weighted by molar-refractivity contribution is -0.142. The highest BCUT2D eigenvalue weighted by Crippen LogP contribution is 2.12. The van der Waals surface area contributed by atoms with Gasteiger partial charge in [0.25, 0.3) is 0 Å². The molecule has 0 bridgehead atoms. The van der Waals surface area contributed by atoms with Gasteiger partial charge in [-0.3, -0.25) is 29.0 Å². The predicted octanol–water partition coefficient (Wildman–Crippen LogP) is -3.25. The van der Waals surface area contributed by atoms with Crippen molar-refractivity contribution in [3.63, 3.8) is 0 Å². The number of nitrogens with two attached hydrogens (primary N) is 4. The maximum Gasteiger partial charge on any atom is 0.325 e. The molecular weight excluding hydrogens is 488 g/mol. The lowest BCUT2D eigenvalue weighted by Gasteiger charge is -2.24. The summed E-state index contributed by atoms with van der Waals surface area (Å²) in [4.78, 5) is 64.7. The number of phenolic OH excluding ortho intramolecular Hbond substituents is 1. The van der Waals surface area contributed by atoms with Crippen LogP contribution in [0.5, 0.6) is 5.75 Å². The number of nitrogens with zero attached hydrogens (tertiary/aromatic N) is 1. The summed E-state index contributed by atoms with van der Waals surface area (Å²) in [6, 6.07) is 0.767. The third-order valence-corrected chi connectivity index (χ3v) is 5.08. The topological polar surface area (TPSA) is 278 Å². The van der Waals surface area contributed by atoms with Crippen molar-refractivity contribution < 1.29 is 34.2 Å². The first-order chi connectivity index (χ1) is 17.3. The first-order valence-electron chi connectivity index (χ1n) is 11.3. The zero-order chi connectivity index (χ0) is 28.1. The Labute approximate surface area is 213 Å². The highest BCUT2D eigenvalue weighted by molar-refractivity contribution is 5.96. The minimum absolute atomic E-state index is 0.0117. The van der Waals surface area contributed by atoms with E-state index >= 15 is 0 Å². The number of aromatic hydroxyl groups is 1. The van der Waals surface area contributed by atoms with Gasteiger partial charge in [0.2, 0.25) is 23.6 Å². The molecular formula is C22H34N8O7. The second-order valence-electron chi connectivity index (χ2n) is 8.29. The van der Waals surface area contributed by atoms with E-state index < -0.39 is 60.2 Å². The zero-order valence-electron chi connectivity index (χ0n) is 20.3. The molecule has 0 aliphatic rings. The van der Waals surface area contributed by atoms with Crippen LogP contribution >= 0.6 is 0 Å². The first-order valence-corrected chi connectivity index (χ1v) is 11.3. The van der Waals surface area contributed by atoms with Crippen LogP contribution in [0.1, 0.15) is 31.7 Å².